The second-order valence-corrected chi connectivity index (χ2v) is 6.96. The molecule has 0 spiro atoms. The molecule has 0 saturated carbocycles. The maximum absolute atomic E-state index is 12.5. The summed E-state index contributed by atoms with van der Waals surface area (Å²) in [4.78, 5) is 0.327. The fourth-order valence-corrected chi connectivity index (χ4v) is 3.84. The first-order valence-corrected chi connectivity index (χ1v) is 8.49. The molecule has 1 aliphatic rings. The molecule has 1 heterocycles. The number of rotatable bonds is 4. The number of nitrogens with one attached hydrogen (secondary N) is 2. The van der Waals surface area contributed by atoms with Crippen molar-refractivity contribution in [2.45, 2.75) is 24.3 Å². The van der Waals surface area contributed by atoms with Gasteiger partial charge in [-0.1, -0.05) is 30.3 Å². The third-order valence-corrected chi connectivity index (χ3v) is 5.27. The highest BCUT2D eigenvalue weighted by molar-refractivity contribution is 7.89. The summed E-state index contributed by atoms with van der Waals surface area (Å²) in [6, 6.07) is 14.5. The molecule has 110 valence electrons. The van der Waals surface area contributed by atoms with E-state index in [1.807, 2.05) is 43.3 Å². The van der Waals surface area contributed by atoms with Gasteiger partial charge in [0.2, 0.25) is 10.0 Å². The number of sulfonamides is 1. The van der Waals surface area contributed by atoms with Crippen molar-refractivity contribution < 1.29 is 8.42 Å². The van der Waals surface area contributed by atoms with E-state index in [-0.39, 0.29) is 6.04 Å². The monoisotopic (exact) mass is 302 g/mol. The molecule has 0 amide bonds. The van der Waals surface area contributed by atoms with Gasteiger partial charge in [-0.05, 0) is 42.7 Å². The molecular formula is C16H18N2O2S. The lowest BCUT2D eigenvalue weighted by molar-refractivity contribution is 0.567. The van der Waals surface area contributed by atoms with Crippen LogP contribution in [0.1, 0.15) is 24.1 Å². The van der Waals surface area contributed by atoms with Crippen molar-refractivity contribution in [2.24, 2.45) is 0 Å². The Morgan fingerprint density at radius 1 is 1.14 bits per heavy atom. The van der Waals surface area contributed by atoms with Gasteiger partial charge in [-0.25, -0.2) is 13.1 Å². The Bertz CT molecular complexity index is 742. The summed E-state index contributed by atoms with van der Waals surface area (Å²) in [6.07, 6.45) is 0.868. The fraction of sp³-hybridized carbons (Fsp3) is 0.250. The summed E-state index contributed by atoms with van der Waals surface area (Å²) in [6.45, 7) is 2.72. The van der Waals surface area contributed by atoms with E-state index in [1.165, 1.54) is 0 Å². The molecule has 1 atom stereocenters. The summed E-state index contributed by atoms with van der Waals surface area (Å²) in [5.41, 5.74) is 3.04. The van der Waals surface area contributed by atoms with Gasteiger partial charge < -0.3 is 5.32 Å². The van der Waals surface area contributed by atoms with Crippen molar-refractivity contribution in [3.05, 3.63) is 59.7 Å². The van der Waals surface area contributed by atoms with Gasteiger partial charge in [-0.15, -0.1) is 0 Å². The van der Waals surface area contributed by atoms with Crippen LogP contribution >= 0.6 is 0 Å². The lowest BCUT2D eigenvalue weighted by Crippen LogP contribution is -2.26. The zero-order valence-electron chi connectivity index (χ0n) is 11.8. The van der Waals surface area contributed by atoms with E-state index in [2.05, 4.69) is 10.0 Å². The van der Waals surface area contributed by atoms with Gasteiger partial charge in [-0.3, -0.25) is 0 Å². The predicted molar refractivity (Wildman–Crippen MR) is 83.8 cm³/mol. The van der Waals surface area contributed by atoms with Crippen LogP contribution in [0.5, 0.6) is 0 Å². The number of anilines is 1. The summed E-state index contributed by atoms with van der Waals surface area (Å²) < 4.78 is 27.7. The van der Waals surface area contributed by atoms with Crippen LogP contribution in [-0.4, -0.2) is 15.0 Å². The van der Waals surface area contributed by atoms with Crippen molar-refractivity contribution >= 4 is 15.7 Å². The molecule has 2 N–H and O–H groups in total. The number of benzene rings is 2. The van der Waals surface area contributed by atoms with E-state index in [0.29, 0.717) is 4.90 Å². The molecular weight excluding hydrogens is 284 g/mol. The highest BCUT2D eigenvalue weighted by atomic mass is 32.2. The van der Waals surface area contributed by atoms with Gasteiger partial charge in [0.05, 0.1) is 4.90 Å². The van der Waals surface area contributed by atoms with Crippen LogP contribution in [0.3, 0.4) is 0 Å². The SMILES string of the molecule is C[C@H](NS(=O)(=O)c1ccc2c(c1)CCN2)c1ccccc1. The van der Waals surface area contributed by atoms with Crippen LogP contribution in [0.4, 0.5) is 5.69 Å². The molecule has 0 bridgehead atoms. The number of hydrogen-bond acceptors (Lipinski definition) is 3. The third kappa shape index (κ3) is 2.94. The van der Waals surface area contributed by atoms with E-state index < -0.39 is 10.0 Å². The lowest BCUT2D eigenvalue weighted by atomic mass is 10.1. The molecule has 0 unspecified atom stereocenters. The molecule has 3 rings (SSSR count). The van der Waals surface area contributed by atoms with Crippen molar-refractivity contribution in [1.29, 1.82) is 0 Å². The molecule has 5 heteroatoms. The molecule has 2 aromatic carbocycles. The van der Waals surface area contributed by atoms with Crippen LogP contribution in [0.25, 0.3) is 0 Å². The van der Waals surface area contributed by atoms with Gasteiger partial charge in [0.15, 0.2) is 0 Å². The minimum Gasteiger partial charge on any atom is -0.384 e. The molecule has 0 aromatic heterocycles. The van der Waals surface area contributed by atoms with Gasteiger partial charge in [0.25, 0.3) is 0 Å². The summed E-state index contributed by atoms with van der Waals surface area (Å²) >= 11 is 0. The molecule has 4 nitrogen and oxygen atoms in total. The quantitative estimate of drug-likeness (QED) is 0.913. The average Bonchev–Trinajstić information content (AvgIpc) is 2.95. The second kappa shape index (κ2) is 5.50. The van der Waals surface area contributed by atoms with Crippen LogP contribution < -0.4 is 10.0 Å². The Morgan fingerprint density at radius 3 is 2.67 bits per heavy atom. The first-order valence-electron chi connectivity index (χ1n) is 7.00. The zero-order chi connectivity index (χ0) is 14.9. The normalized spacial score (nSPS) is 15.3. The van der Waals surface area contributed by atoms with E-state index in [4.69, 9.17) is 0 Å². The molecule has 21 heavy (non-hydrogen) atoms. The second-order valence-electron chi connectivity index (χ2n) is 5.25. The maximum atomic E-state index is 12.5. The Balaban J connectivity index is 1.84. The zero-order valence-corrected chi connectivity index (χ0v) is 12.7. The standard InChI is InChI=1S/C16H18N2O2S/c1-12(13-5-3-2-4-6-13)18-21(19,20)15-7-8-16-14(11-15)9-10-17-16/h2-8,11-12,17-18H,9-10H2,1H3/t12-/m0/s1. The summed E-state index contributed by atoms with van der Waals surface area (Å²) in [5, 5.41) is 3.23. The Hall–Kier alpha value is -1.85. The van der Waals surface area contributed by atoms with Gasteiger partial charge in [0.1, 0.15) is 0 Å². The molecule has 0 radical (unpaired) electrons. The Morgan fingerprint density at radius 2 is 1.90 bits per heavy atom. The topological polar surface area (TPSA) is 58.2 Å². The fourth-order valence-electron chi connectivity index (χ4n) is 2.56. The minimum absolute atomic E-state index is 0.262. The van der Waals surface area contributed by atoms with Crippen LogP contribution in [0.15, 0.2) is 53.4 Å². The van der Waals surface area contributed by atoms with E-state index in [9.17, 15) is 8.42 Å². The van der Waals surface area contributed by atoms with Crippen LogP contribution in [-0.2, 0) is 16.4 Å². The van der Waals surface area contributed by atoms with Gasteiger partial charge in [-0.2, -0.15) is 0 Å². The first-order chi connectivity index (χ1) is 10.1. The summed E-state index contributed by atoms with van der Waals surface area (Å²) in [7, 11) is -3.51. The largest absolute Gasteiger partial charge is 0.384 e. The molecule has 0 saturated heterocycles. The first kappa shape index (κ1) is 14.1. The Kier molecular flexibility index (Phi) is 3.69. The van der Waals surface area contributed by atoms with Crippen molar-refractivity contribution in [3.63, 3.8) is 0 Å². The van der Waals surface area contributed by atoms with E-state index in [0.717, 1.165) is 29.8 Å². The molecule has 2 aromatic rings. The molecule has 0 fully saturated rings. The third-order valence-electron chi connectivity index (χ3n) is 3.73. The molecule has 1 aliphatic heterocycles. The number of fused-ring (bicyclic) bond motifs is 1. The Labute approximate surface area is 125 Å². The highest BCUT2D eigenvalue weighted by Crippen LogP contribution is 2.25. The van der Waals surface area contributed by atoms with Crippen molar-refractivity contribution in [3.8, 4) is 0 Å². The smallest absolute Gasteiger partial charge is 0.241 e. The van der Waals surface area contributed by atoms with Crippen molar-refractivity contribution in [1.82, 2.24) is 4.72 Å². The van der Waals surface area contributed by atoms with Crippen LogP contribution in [0, 0.1) is 0 Å². The molecule has 0 aliphatic carbocycles. The lowest BCUT2D eigenvalue weighted by Gasteiger charge is -2.15. The maximum Gasteiger partial charge on any atom is 0.241 e. The summed E-state index contributed by atoms with van der Waals surface area (Å²) in [5.74, 6) is 0. The van der Waals surface area contributed by atoms with Crippen LogP contribution in [0.2, 0.25) is 0 Å². The predicted octanol–water partition coefficient (Wildman–Crippen LogP) is 2.69. The van der Waals surface area contributed by atoms with E-state index in [1.54, 1.807) is 12.1 Å². The van der Waals surface area contributed by atoms with Gasteiger partial charge >= 0.3 is 0 Å². The van der Waals surface area contributed by atoms with E-state index >= 15 is 0 Å². The van der Waals surface area contributed by atoms with Gasteiger partial charge in [0, 0.05) is 18.3 Å². The average molecular weight is 302 g/mol. The minimum atomic E-state index is -3.51. The highest BCUT2D eigenvalue weighted by Gasteiger charge is 2.20. The van der Waals surface area contributed by atoms with Crippen molar-refractivity contribution in [2.75, 3.05) is 11.9 Å². The number of hydrogen-bond donors (Lipinski definition) is 2.